The molecule has 0 amide bonds. The Balaban J connectivity index is 2.63. The lowest BCUT2D eigenvalue weighted by Crippen LogP contribution is -2.49. The molecule has 0 bridgehead atoms. The molecule has 16 heavy (non-hydrogen) atoms. The number of methoxy groups -OCH3 is 1. The summed E-state index contributed by atoms with van der Waals surface area (Å²) in [6.45, 7) is 9.05. The first kappa shape index (κ1) is 14.0. The molecule has 2 heteroatoms. The fourth-order valence-electron chi connectivity index (χ4n) is 2.83. The van der Waals surface area contributed by atoms with Crippen LogP contribution in [-0.4, -0.2) is 25.4 Å². The third-order valence-corrected chi connectivity index (χ3v) is 4.17. The normalized spacial score (nSPS) is 39.9. The number of unbranched alkanes of at least 4 members (excludes halogenated alkanes) is 1. The number of ether oxygens (including phenoxy) is 2. The van der Waals surface area contributed by atoms with Crippen LogP contribution in [0.15, 0.2) is 0 Å². The van der Waals surface area contributed by atoms with E-state index < -0.39 is 0 Å². The van der Waals surface area contributed by atoms with E-state index in [9.17, 15) is 0 Å². The standard InChI is InChI=1S/C14H28O2/c1-6-8-9-13-10(3)11(4)14(15-5)12(7-2)16-13/h10-14H,6-9H2,1-5H3/t10?,11-,12?,13-,14+/m1/s1. The highest BCUT2D eigenvalue weighted by molar-refractivity contribution is 4.88. The predicted octanol–water partition coefficient (Wildman–Crippen LogP) is 3.64. The number of hydrogen-bond donors (Lipinski definition) is 0. The van der Waals surface area contributed by atoms with Crippen LogP contribution in [0.5, 0.6) is 0 Å². The van der Waals surface area contributed by atoms with Gasteiger partial charge in [0.1, 0.15) is 0 Å². The summed E-state index contributed by atoms with van der Waals surface area (Å²) in [4.78, 5) is 0. The Labute approximate surface area is 101 Å². The molecule has 0 saturated carbocycles. The number of rotatable bonds is 5. The van der Waals surface area contributed by atoms with Gasteiger partial charge in [-0.25, -0.2) is 0 Å². The Morgan fingerprint density at radius 1 is 1.06 bits per heavy atom. The van der Waals surface area contributed by atoms with Gasteiger partial charge in [-0.1, -0.05) is 40.5 Å². The molecule has 1 fully saturated rings. The van der Waals surface area contributed by atoms with Crippen molar-refractivity contribution in [2.75, 3.05) is 7.11 Å². The Hall–Kier alpha value is -0.0800. The summed E-state index contributed by atoms with van der Waals surface area (Å²) in [5.74, 6) is 1.21. The summed E-state index contributed by atoms with van der Waals surface area (Å²) in [5, 5.41) is 0. The van der Waals surface area contributed by atoms with Gasteiger partial charge in [0, 0.05) is 7.11 Å². The average Bonchev–Trinajstić information content (AvgIpc) is 2.30. The van der Waals surface area contributed by atoms with Crippen LogP contribution >= 0.6 is 0 Å². The van der Waals surface area contributed by atoms with Crippen LogP contribution in [0.4, 0.5) is 0 Å². The van der Waals surface area contributed by atoms with E-state index in [4.69, 9.17) is 9.47 Å². The third kappa shape index (κ3) is 2.98. The van der Waals surface area contributed by atoms with E-state index in [2.05, 4.69) is 27.7 Å². The molecular weight excluding hydrogens is 200 g/mol. The van der Waals surface area contributed by atoms with Crippen molar-refractivity contribution in [3.63, 3.8) is 0 Å². The van der Waals surface area contributed by atoms with E-state index in [-0.39, 0.29) is 12.2 Å². The minimum Gasteiger partial charge on any atom is -0.378 e. The highest BCUT2D eigenvalue weighted by atomic mass is 16.5. The van der Waals surface area contributed by atoms with Gasteiger partial charge in [0.15, 0.2) is 0 Å². The molecule has 0 aliphatic carbocycles. The number of hydrogen-bond acceptors (Lipinski definition) is 2. The summed E-state index contributed by atoms with van der Waals surface area (Å²) in [6.07, 6.45) is 5.79. The largest absolute Gasteiger partial charge is 0.378 e. The van der Waals surface area contributed by atoms with Crippen molar-refractivity contribution in [1.29, 1.82) is 0 Å². The SMILES string of the molecule is CCCC[C@H]1OC(CC)[C@@H](OC)[C@H](C)C1C. The van der Waals surface area contributed by atoms with Crippen molar-refractivity contribution in [3.8, 4) is 0 Å². The monoisotopic (exact) mass is 228 g/mol. The van der Waals surface area contributed by atoms with Gasteiger partial charge in [-0.15, -0.1) is 0 Å². The van der Waals surface area contributed by atoms with Gasteiger partial charge in [-0.05, 0) is 24.7 Å². The van der Waals surface area contributed by atoms with Crippen LogP contribution in [0.1, 0.15) is 53.4 Å². The molecule has 1 heterocycles. The average molecular weight is 228 g/mol. The summed E-state index contributed by atoms with van der Waals surface area (Å²) in [5.41, 5.74) is 0. The summed E-state index contributed by atoms with van der Waals surface area (Å²) in [6, 6.07) is 0. The molecule has 1 aliphatic rings. The van der Waals surface area contributed by atoms with Crippen molar-refractivity contribution >= 4 is 0 Å². The van der Waals surface area contributed by atoms with E-state index in [1.165, 1.54) is 19.3 Å². The maximum absolute atomic E-state index is 6.20. The first-order chi connectivity index (χ1) is 7.65. The lowest BCUT2D eigenvalue weighted by atomic mass is 9.79. The minimum atomic E-state index is 0.276. The first-order valence-electron chi connectivity index (χ1n) is 6.83. The summed E-state index contributed by atoms with van der Waals surface area (Å²) in [7, 11) is 1.81. The van der Waals surface area contributed by atoms with Crippen LogP contribution in [-0.2, 0) is 9.47 Å². The molecular formula is C14H28O2. The Morgan fingerprint density at radius 2 is 1.75 bits per heavy atom. The van der Waals surface area contributed by atoms with Crippen LogP contribution in [0.3, 0.4) is 0 Å². The maximum Gasteiger partial charge on any atom is 0.0861 e. The Morgan fingerprint density at radius 3 is 2.25 bits per heavy atom. The maximum atomic E-state index is 6.20. The van der Waals surface area contributed by atoms with E-state index in [0.717, 1.165) is 6.42 Å². The fraction of sp³-hybridized carbons (Fsp3) is 1.00. The first-order valence-corrected chi connectivity index (χ1v) is 6.83. The molecule has 0 aromatic rings. The zero-order valence-electron chi connectivity index (χ0n) is 11.5. The van der Waals surface area contributed by atoms with Gasteiger partial charge in [0.2, 0.25) is 0 Å². The molecule has 0 spiro atoms. The van der Waals surface area contributed by atoms with E-state index in [1.54, 1.807) is 0 Å². The molecule has 0 aromatic heterocycles. The molecule has 96 valence electrons. The topological polar surface area (TPSA) is 18.5 Å². The van der Waals surface area contributed by atoms with Crippen LogP contribution in [0.2, 0.25) is 0 Å². The highest BCUT2D eigenvalue weighted by Gasteiger charge is 2.40. The second kappa shape index (κ2) is 6.61. The van der Waals surface area contributed by atoms with Crippen molar-refractivity contribution in [3.05, 3.63) is 0 Å². The van der Waals surface area contributed by atoms with Gasteiger partial charge in [-0.2, -0.15) is 0 Å². The predicted molar refractivity (Wildman–Crippen MR) is 67.6 cm³/mol. The smallest absolute Gasteiger partial charge is 0.0861 e. The van der Waals surface area contributed by atoms with Crippen molar-refractivity contribution in [1.82, 2.24) is 0 Å². The zero-order chi connectivity index (χ0) is 12.1. The molecule has 0 aromatic carbocycles. The summed E-state index contributed by atoms with van der Waals surface area (Å²) >= 11 is 0. The van der Waals surface area contributed by atoms with E-state index in [1.807, 2.05) is 7.11 Å². The Bertz CT molecular complexity index is 191. The van der Waals surface area contributed by atoms with Gasteiger partial charge in [0.25, 0.3) is 0 Å². The van der Waals surface area contributed by atoms with Crippen molar-refractivity contribution in [2.24, 2.45) is 11.8 Å². The van der Waals surface area contributed by atoms with E-state index in [0.29, 0.717) is 17.9 Å². The molecule has 5 atom stereocenters. The van der Waals surface area contributed by atoms with Crippen LogP contribution in [0, 0.1) is 11.8 Å². The molecule has 2 nitrogen and oxygen atoms in total. The van der Waals surface area contributed by atoms with Crippen molar-refractivity contribution < 1.29 is 9.47 Å². The fourth-order valence-corrected chi connectivity index (χ4v) is 2.83. The quantitative estimate of drug-likeness (QED) is 0.715. The molecule has 1 rings (SSSR count). The molecule has 0 N–H and O–H groups in total. The molecule has 0 radical (unpaired) electrons. The lowest BCUT2D eigenvalue weighted by molar-refractivity contribution is -0.180. The van der Waals surface area contributed by atoms with Crippen LogP contribution < -0.4 is 0 Å². The lowest BCUT2D eigenvalue weighted by Gasteiger charge is -2.44. The third-order valence-electron chi connectivity index (χ3n) is 4.17. The second-order valence-electron chi connectivity index (χ2n) is 5.18. The highest BCUT2D eigenvalue weighted by Crippen LogP contribution is 2.35. The molecule has 1 saturated heterocycles. The van der Waals surface area contributed by atoms with Gasteiger partial charge >= 0.3 is 0 Å². The Kier molecular flexibility index (Phi) is 5.77. The van der Waals surface area contributed by atoms with Gasteiger partial charge in [-0.3, -0.25) is 0 Å². The molecule has 1 aliphatic heterocycles. The summed E-state index contributed by atoms with van der Waals surface area (Å²) < 4.78 is 11.8. The van der Waals surface area contributed by atoms with Gasteiger partial charge < -0.3 is 9.47 Å². The minimum absolute atomic E-state index is 0.276. The zero-order valence-corrected chi connectivity index (χ0v) is 11.5. The van der Waals surface area contributed by atoms with Crippen LogP contribution in [0.25, 0.3) is 0 Å². The second-order valence-corrected chi connectivity index (χ2v) is 5.18. The van der Waals surface area contributed by atoms with Gasteiger partial charge in [0.05, 0.1) is 18.3 Å². The van der Waals surface area contributed by atoms with Crippen molar-refractivity contribution in [2.45, 2.75) is 71.7 Å². The molecule has 2 unspecified atom stereocenters. The van der Waals surface area contributed by atoms with E-state index >= 15 is 0 Å².